The van der Waals surface area contributed by atoms with Gasteiger partial charge in [0, 0.05) is 45.0 Å². The minimum absolute atomic E-state index is 0. The topological polar surface area (TPSA) is 76.0 Å². The van der Waals surface area contributed by atoms with Gasteiger partial charge < -0.3 is 25.5 Å². The standard InChI is InChI=1S/C20H34N6O.HI/c1-3-21-20(24-17-4-6-18(27)7-5-17)23-15-16-8-9-22-19(14-16)26-12-10-25(2)11-13-26;/h8-9,14,17-18,27H,3-7,10-13,15H2,1-2H3,(H2,21,23,24);1H. The van der Waals surface area contributed by atoms with Gasteiger partial charge in [-0.3, -0.25) is 0 Å². The highest BCUT2D eigenvalue weighted by atomic mass is 127. The van der Waals surface area contributed by atoms with E-state index in [0.29, 0.717) is 12.6 Å². The molecule has 2 aliphatic rings. The summed E-state index contributed by atoms with van der Waals surface area (Å²) in [6, 6.07) is 4.60. The second-order valence-corrected chi connectivity index (χ2v) is 7.66. The number of guanidine groups is 1. The maximum absolute atomic E-state index is 9.68. The molecule has 28 heavy (non-hydrogen) atoms. The van der Waals surface area contributed by atoms with E-state index in [-0.39, 0.29) is 30.1 Å². The summed E-state index contributed by atoms with van der Waals surface area (Å²) in [5.74, 6) is 1.91. The lowest BCUT2D eigenvalue weighted by atomic mass is 9.93. The molecule has 1 saturated carbocycles. The lowest BCUT2D eigenvalue weighted by molar-refractivity contribution is 0.120. The summed E-state index contributed by atoms with van der Waals surface area (Å²) in [6.07, 6.45) is 5.49. The number of piperazine rings is 1. The molecule has 1 aromatic rings. The lowest BCUT2D eigenvalue weighted by Crippen LogP contribution is -2.45. The van der Waals surface area contributed by atoms with E-state index >= 15 is 0 Å². The first-order chi connectivity index (χ1) is 13.1. The van der Waals surface area contributed by atoms with Gasteiger partial charge in [0.05, 0.1) is 12.6 Å². The molecule has 1 saturated heterocycles. The first-order valence-corrected chi connectivity index (χ1v) is 10.3. The van der Waals surface area contributed by atoms with Crippen LogP contribution < -0.4 is 15.5 Å². The Morgan fingerprint density at radius 1 is 1.21 bits per heavy atom. The number of aliphatic imine (C=N–C) groups is 1. The van der Waals surface area contributed by atoms with Crippen molar-refractivity contribution in [2.24, 2.45) is 4.99 Å². The number of nitrogens with one attached hydrogen (secondary N) is 2. The molecule has 8 heteroatoms. The maximum Gasteiger partial charge on any atom is 0.191 e. The predicted molar refractivity (Wildman–Crippen MR) is 126 cm³/mol. The minimum Gasteiger partial charge on any atom is -0.393 e. The zero-order chi connectivity index (χ0) is 19.1. The zero-order valence-electron chi connectivity index (χ0n) is 17.1. The Balaban J connectivity index is 0.00000280. The lowest BCUT2D eigenvalue weighted by Gasteiger charge is -2.33. The van der Waals surface area contributed by atoms with Crippen molar-refractivity contribution in [2.75, 3.05) is 44.7 Å². The fourth-order valence-electron chi connectivity index (χ4n) is 3.67. The van der Waals surface area contributed by atoms with Gasteiger partial charge >= 0.3 is 0 Å². The number of rotatable bonds is 5. The molecule has 0 unspecified atom stereocenters. The Kier molecular flexibility index (Phi) is 9.73. The SMILES string of the molecule is CCNC(=NCc1ccnc(N2CCN(C)CC2)c1)NC1CCC(O)CC1.I. The van der Waals surface area contributed by atoms with Crippen LogP contribution in [0, 0.1) is 0 Å². The smallest absolute Gasteiger partial charge is 0.191 e. The normalized spacial score (nSPS) is 23.8. The summed E-state index contributed by atoms with van der Waals surface area (Å²) in [7, 11) is 2.16. The van der Waals surface area contributed by atoms with Crippen LogP contribution in [0.5, 0.6) is 0 Å². The summed E-state index contributed by atoms with van der Waals surface area (Å²) in [5, 5.41) is 16.5. The van der Waals surface area contributed by atoms with E-state index in [4.69, 9.17) is 4.99 Å². The molecule has 0 amide bonds. The molecular formula is C20H35IN6O. The van der Waals surface area contributed by atoms with Gasteiger partial charge in [0.25, 0.3) is 0 Å². The Morgan fingerprint density at radius 3 is 2.61 bits per heavy atom. The van der Waals surface area contributed by atoms with Crippen molar-refractivity contribution < 1.29 is 5.11 Å². The summed E-state index contributed by atoms with van der Waals surface area (Å²) in [4.78, 5) is 14.0. The molecule has 3 N–H and O–H groups in total. The Bertz CT molecular complexity index is 612. The molecule has 2 heterocycles. The van der Waals surface area contributed by atoms with Crippen LogP contribution in [0.2, 0.25) is 0 Å². The fraction of sp³-hybridized carbons (Fsp3) is 0.700. The van der Waals surface area contributed by atoms with Gasteiger partial charge in [-0.25, -0.2) is 9.98 Å². The zero-order valence-corrected chi connectivity index (χ0v) is 19.4. The van der Waals surface area contributed by atoms with Gasteiger partial charge in [-0.05, 0) is 57.4 Å². The third-order valence-corrected chi connectivity index (χ3v) is 5.44. The van der Waals surface area contributed by atoms with E-state index in [1.165, 1.54) is 5.56 Å². The van der Waals surface area contributed by atoms with Crippen molar-refractivity contribution in [3.63, 3.8) is 0 Å². The predicted octanol–water partition coefficient (Wildman–Crippen LogP) is 1.81. The molecule has 0 aromatic carbocycles. The van der Waals surface area contributed by atoms with Crippen LogP contribution in [0.4, 0.5) is 5.82 Å². The molecule has 0 bridgehead atoms. The van der Waals surface area contributed by atoms with E-state index in [0.717, 1.165) is 70.2 Å². The molecule has 1 aromatic heterocycles. The summed E-state index contributed by atoms with van der Waals surface area (Å²) < 4.78 is 0. The van der Waals surface area contributed by atoms with Crippen molar-refractivity contribution in [2.45, 2.75) is 51.3 Å². The summed E-state index contributed by atoms with van der Waals surface area (Å²) in [5.41, 5.74) is 1.18. The molecule has 0 atom stereocenters. The van der Waals surface area contributed by atoms with Crippen LogP contribution in [0.1, 0.15) is 38.2 Å². The number of aliphatic hydroxyl groups is 1. The number of aromatic nitrogens is 1. The molecule has 158 valence electrons. The summed E-state index contributed by atoms with van der Waals surface area (Å²) >= 11 is 0. The first-order valence-electron chi connectivity index (χ1n) is 10.3. The molecule has 7 nitrogen and oxygen atoms in total. The average molecular weight is 502 g/mol. The number of hydrogen-bond donors (Lipinski definition) is 3. The van der Waals surface area contributed by atoms with Gasteiger partial charge in [-0.1, -0.05) is 0 Å². The second-order valence-electron chi connectivity index (χ2n) is 7.66. The van der Waals surface area contributed by atoms with Gasteiger partial charge in [-0.15, -0.1) is 24.0 Å². The molecule has 0 radical (unpaired) electrons. The molecule has 3 rings (SSSR count). The van der Waals surface area contributed by atoms with Crippen LogP contribution >= 0.6 is 24.0 Å². The fourth-order valence-corrected chi connectivity index (χ4v) is 3.67. The number of likely N-dealkylation sites (N-methyl/N-ethyl adjacent to an activating group) is 1. The molecular weight excluding hydrogens is 467 g/mol. The van der Waals surface area contributed by atoms with Crippen LogP contribution in [0.15, 0.2) is 23.3 Å². The number of aliphatic hydroxyl groups excluding tert-OH is 1. The highest BCUT2D eigenvalue weighted by Gasteiger charge is 2.20. The van der Waals surface area contributed by atoms with Gasteiger partial charge in [0.2, 0.25) is 0 Å². The van der Waals surface area contributed by atoms with Crippen molar-refractivity contribution >= 4 is 35.8 Å². The van der Waals surface area contributed by atoms with Crippen LogP contribution in [0.3, 0.4) is 0 Å². The third-order valence-electron chi connectivity index (χ3n) is 5.44. The Hall–Kier alpha value is -1.13. The number of halogens is 1. The van der Waals surface area contributed by atoms with E-state index in [1.807, 2.05) is 12.3 Å². The molecule has 1 aliphatic heterocycles. The van der Waals surface area contributed by atoms with Gasteiger partial charge in [0.1, 0.15) is 5.82 Å². The van der Waals surface area contributed by atoms with Crippen LogP contribution in [-0.4, -0.2) is 72.9 Å². The van der Waals surface area contributed by atoms with Gasteiger partial charge in [0.15, 0.2) is 5.96 Å². The largest absolute Gasteiger partial charge is 0.393 e. The summed E-state index contributed by atoms with van der Waals surface area (Å²) in [6.45, 7) is 7.75. The number of pyridine rings is 1. The van der Waals surface area contributed by atoms with Crippen molar-refractivity contribution in [3.05, 3.63) is 23.9 Å². The molecule has 0 spiro atoms. The highest BCUT2D eigenvalue weighted by Crippen LogP contribution is 2.18. The van der Waals surface area contributed by atoms with Gasteiger partial charge in [-0.2, -0.15) is 0 Å². The van der Waals surface area contributed by atoms with Crippen molar-refractivity contribution in [1.82, 2.24) is 20.5 Å². The van der Waals surface area contributed by atoms with Crippen LogP contribution in [0.25, 0.3) is 0 Å². The Labute approximate surface area is 186 Å². The number of nitrogens with zero attached hydrogens (tertiary/aromatic N) is 4. The van der Waals surface area contributed by atoms with E-state index in [9.17, 15) is 5.11 Å². The third kappa shape index (κ3) is 7.04. The van der Waals surface area contributed by atoms with E-state index < -0.39 is 0 Å². The van der Waals surface area contributed by atoms with Crippen molar-refractivity contribution in [3.8, 4) is 0 Å². The van der Waals surface area contributed by atoms with E-state index in [2.05, 4.69) is 45.5 Å². The maximum atomic E-state index is 9.68. The average Bonchev–Trinajstić information content (AvgIpc) is 2.69. The monoisotopic (exact) mass is 502 g/mol. The van der Waals surface area contributed by atoms with Crippen LogP contribution in [-0.2, 0) is 6.54 Å². The first kappa shape index (κ1) is 23.2. The van der Waals surface area contributed by atoms with Crippen molar-refractivity contribution in [1.29, 1.82) is 0 Å². The van der Waals surface area contributed by atoms with E-state index in [1.54, 1.807) is 0 Å². The highest BCUT2D eigenvalue weighted by molar-refractivity contribution is 14.0. The number of hydrogen-bond acceptors (Lipinski definition) is 5. The second kappa shape index (κ2) is 11.8. The Morgan fingerprint density at radius 2 is 1.93 bits per heavy atom. The molecule has 2 fully saturated rings. The molecule has 1 aliphatic carbocycles. The minimum atomic E-state index is -0.132. The number of anilines is 1. The quantitative estimate of drug-likeness (QED) is 0.324.